The molecule has 0 aliphatic rings. The molecule has 0 aliphatic heterocycles. The number of benzene rings is 1. The van der Waals surface area contributed by atoms with E-state index in [1.807, 2.05) is 13.8 Å². The van der Waals surface area contributed by atoms with Crippen molar-refractivity contribution in [1.29, 1.82) is 0 Å². The fourth-order valence-corrected chi connectivity index (χ4v) is 3.20. The molecule has 0 saturated heterocycles. The molecule has 3 N–H and O–H groups in total. The monoisotopic (exact) mass is 452 g/mol. The van der Waals surface area contributed by atoms with Crippen molar-refractivity contribution in [3.05, 3.63) is 70.7 Å². The highest BCUT2D eigenvalue weighted by molar-refractivity contribution is 6.37. The van der Waals surface area contributed by atoms with Crippen LogP contribution in [0.5, 0.6) is 11.6 Å². The summed E-state index contributed by atoms with van der Waals surface area (Å²) in [6, 6.07) is 4.32. The van der Waals surface area contributed by atoms with E-state index in [0.717, 1.165) is 4.68 Å². The number of nitrogens with zero attached hydrogens (tertiary/aromatic N) is 3. The topological polar surface area (TPSA) is 135 Å². The van der Waals surface area contributed by atoms with Crippen molar-refractivity contribution >= 4 is 23.2 Å². The average Bonchev–Trinajstić information content (AvgIpc) is 2.67. The molecule has 2 heterocycles. The van der Waals surface area contributed by atoms with E-state index in [-0.39, 0.29) is 51.1 Å². The van der Waals surface area contributed by atoms with Crippen LogP contribution in [-0.2, 0) is 6.54 Å². The first kappa shape index (κ1) is 21.8. The molecule has 0 saturated carbocycles. The van der Waals surface area contributed by atoms with Crippen LogP contribution in [0.1, 0.15) is 31.0 Å². The van der Waals surface area contributed by atoms with Crippen LogP contribution in [0.3, 0.4) is 0 Å². The summed E-state index contributed by atoms with van der Waals surface area (Å²) in [6.07, 6.45) is 0. The second-order valence-corrected chi connectivity index (χ2v) is 7.45. The van der Waals surface area contributed by atoms with Gasteiger partial charge in [-0.2, -0.15) is 9.78 Å². The average molecular weight is 453 g/mol. The van der Waals surface area contributed by atoms with Gasteiger partial charge in [0.25, 0.3) is 11.1 Å². The summed E-state index contributed by atoms with van der Waals surface area (Å²) in [4.78, 5) is 38.1. The van der Waals surface area contributed by atoms with Gasteiger partial charge in [-0.05, 0) is 25.1 Å². The first-order valence-corrected chi connectivity index (χ1v) is 9.61. The maximum atomic E-state index is 12.2. The van der Waals surface area contributed by atoms with E-state index in [2.05, 4.69) is 25.6 Å². The van der Waals surface area contributed by atoms with Crippen molar-refractivity contribution in [3.63, 3.8) is 0 Å². The molecule has 3 rings (SSSR count). The van der Waals surface area contributed by atoms with E-state index in [4.69, 9.17) is 27.9 Å². The molecule has 0 fully saturated rings. The SMILES string of the molecule is CNCc1nn(-c2cc(Cl)c(Oc3cc(C(C)C)c(=O)[nH]n3)c(Cl)c2)c(=O)[nH]c1=O. The van der Waals surface area contributed by atoms with E-state index >= 15 is 0 Å². The third kappa shape index (κ3) is 4.45. The summed E-state index contributed by atoms with van der Waals surface area (Å²) in [5, 5.41) is 13.2. The van der Waals surface area contributed by atoms with Crippen LogP contribution in [0.15, 0.2) is 32.6 Å². The van der Waals surface area contributed by atoms with Crippen molar-refractivity contribution < 1.29 is 4.74 Å². The maximum Gasteiger partial charge on any atom is 0.349 e. The molecule has 10 nitrogen and oxygen atoms in total. The van der Waals surface area contributed by atoms with Crippen molar-refractivity contribution in [2.24, 2.45) is 0 Å². The minimum absolute atomic E-state index is 0.0441. The van der Waals surface area contributed by atoms with E-state index in [9.17, 15) is 14.4 Å². The molecule has 0 radical (unpaired) electrons. The number of hydrogen-bond donors (Lipinski definition) is 3. The molecule has 2 aromatic heterocycles. The lowest BCUT2D eigenvalue weighted by Crippen LogP contribution is -2.35. The summed E-state index contributed by atoms with van der Waals surface area (Å²) in [5.41, 5.74) is -0.815. The fourth-order valence-electron chi connectivity index (χ4n) is 2.65. The highest BCUT2D eigenvalue weighted by Gasteiger charge is 2.16. The summed E-state index contributed by atoms with van der Waals surface area (Å²) in [6.45, 7) is 3.88. The van der Waals surface area contributed by atoms with Crippen LogP contribution >= 0.6 is 23.2 Å². The van der Waals surface area contributed by atoms with E-state index < -0.39 is 11.2 Å². The number of halogens is 2. The Bertz CT molecular complexity index is 1240. The van der Waals surface area contributed by atoms with Crippen molar-refractivity contribution in [2.45, 2.75) is 26.3 Å². The molecule has 0 unspecified atom stereocenters. The molecule has 0 aliphatic carbocycles. The van der Waals surface area contributed by atoms with Gasteiger partial charge in [-0.3, -0.25) is 14.6 Å². The van der Waals surface area contributed by atoms with Gasteiger partial charge in [-0.15, -0.1) is 5.10 Å². The number of hydrogen-bond acceptors (Lipinski definition) is 7. The highest BCUT2D eigenvalue weighted by atomic mass is 35.5. The normalized spacial score (nSPS) is 11.1. The maximum absolute atomic E-state index is 12.2. The predicted octanol–water partition coefficient (Wildman–Crippen LogP) is 1.95. The number of nitrogens with one attached hydrogen (secondary N) is 3. The van der Waals surface area contributed by atoms with Gasteiger partial charge in [0.15, 0.2) is 5.75 Å². The first-order valence-electron chi connectivity index (χ1n) is 8.85. The second kappa shape index (κ2) is 8.82. The second-order valence-electron chi connectivity index (χ2n) is 6.63. The Morgan fingerprint density at radius 3 is 2.40 bits per heavy atom. The molecule has 12 heteroatoms. The Morgan fingerprint density at radius 2 is 1.80 bits per heavy atom. The van der Waals surface area contributed by atoms with E-state index in [1.54, 1.807) is 7.05 Å². The van der Waals surface area contributed by atoms with Crippen LogP contribution in [-0.4, -0.2) is 32.0 Å². The van der Waals surface area contributed by atoms with Crippen LogP contribution in [0.2, 0.25) is 10.0 Å². The fraction of sp³-hybridized carbons (Fsp3) is 0.278. The lowest BCUT2D eigenvalue weighted by Gasteiger charge is -2.12. The lowest BCUT2D eigenvalue weighted by molar-refractivity contribution is 0.452. The van der Waals surface area contributed by atoms with Crippen LogP contribution in [0.25, 0.3) is 5.69 Å². The van der Waals surface area contributed by atoms with Crippen LogP contribution in [0, 0.1) is 0 Å². The summed E-state index contributed by atoms with van der Waals surface area (Å²) in [5.74, 6) is 0.146. The lowest BCUT2D eigenvalue weighted by atomic mass is 10.1. The molecular weight excluding hydrogens is 435 g/mol. The number of aromatic amines is 2. The third-order valence-corrected chi connectivity index (χ3v) is 4.67. The van der Waals surface area contributed by atoms with Crippen molar-refractivity contribution in [2.75, 3.05) is 7.05 Å². The van der Waals surface area contributed by atoms with Gasteiger partial charge in [0, 0.05) is 18.2 Å². The summed E-state index contributed by atoms with van der Waals surface area (Å²) in [7, 11) is 1.64. The molecule has 0 amide bonds. The Balaban J connectivity index is 2.02. The zero-order chi connectivity index (χ0) is 22.0. The Morgan fingerprint density at radius 1 is 1.13 bits per heavy atom. The van der Waals surface area contributed by atoms with Crippen molar-refractivity contribution in [1.82, 2.24) is 30.3 Å². The standard InChI is InChI=1S/C18H18Cl2N6O4/c1-8(2)10-6-14(23-24-16(10)27)30-15-11(19)4-9(5-12(15)20)26-18(29)22-17(28)13(25-26)7-21-3/h4-6,8,21H,7H2,1-3H3,(H,24,27)(H,22,28,29). The molecule has 0 bridgehead atoms. The quantitative estimate of drug-likeness (QED) is 0.519. The van der Waals surface area contributed by atoms with Crippen LogP contribution < -0.4 is 26.9 Å². The summed E-state index contributed by atoms with van der Waals surface area (Å²) >= 11 is 12.6. The van der Waals surface area contributed by atoms with Gasteiger partial charge >= 0.3 is 5.69 Å². The number of rotatable bonds is 6. The smallest absolute Gasteiger partial charge is 0.349 e. The van der Waals surface area contributed by atoms with Gasteiger partial charge in [0.05, 0.1) is 15.7 Å². The molecule has 1 aromatic carbocycles. The highest BCUT2D eigenvalue weighted by Crippen LogP contribution is 2.37. The van der Waals surface area contributed by atoms with Gasteiger partial charge in [0.1, 0.15) is 5.69 Å². The Hall–Kier alpha value is -2.95. The Kier molecular flexibility index (Phi) is 6.40. The van der Waals surface area contributed by atoms with E-state index in [1.165, 1.54) is 18.2 Å². The molecule has 30 heavy (non-hydrogen) atoms. The molecule has 158 valence electrons. The zero-order valence-corrected chi connectivity index (χ0v) is 17.8. The number of ether oxygens (including phenoxy) is 1. The molecule has 0 spiro atoms. The third-order valence-electron chi connectivity index (χ3n) is 4.10. The number of aromatic nitrogens is 5. The van der Waals surface area contributed by atoms with Gasteiger partial charge < -0.3 is 10.1 Å². The minimum Gasteiger partial charge on any atom is -0.434 e. The molecular formula is C18H18Cl2N6O4. The molecule has 3 aromatic rings. The number of H-pyrrole nitrogens is 2. The van der Waals surface area contributed by atoms with Gasteiger partial charge in [0.2, 0.25) is 5.88 Å². The van der Waals surface area contributed by atoms with Crippen LogP contribution in [0.4, 0.5) is 0 Å². The summed E-state index contributed by atoms with van der Waals surface area (Å²) < 4.78 is 6.64. The minimum atomic E-state index is -0.746. The van der Waals surface area contributed by atoms with Crippen molar-refractivity contribution in [3.8, 4) is 17.3 Å². The predicted molar refractivity (Wildman–Crippen MR) is 112 cm³/mol. The Labute approximate surface area is 179 Å². The molecule has 0 atom stereocenters. The zero-order valence-electron chi connectivity index (χ0n) is 16.2. The largest absolute Gasteiger partial charge is 0.434 e. The van der Waals surface area contributed by atoms with Gasteiger partial charge in [-0.1, -0.05) is 37.0 Å². The first-order chi connectivity index (χ1) is 14.2. The van der Waals surface area contributed by atoms with Gasteiger partial charge in [-0.25, -0.2) is 9.89 Å². The van der Waals surface area contributed by atoms with E-state index in [0.29, 0.717) is 5.56 Å².